The van der Waals surface area contributed by atoms with Crippen LogP contribution in [0, 0.1) is 11.6 Å². The second-order valence-electron chi connectivity index (χ2n) is 4.03. The van der Waals surface area contributed by atoms with Crippen LogP contribution in [0.5, 0.6) is 5.75 Å². The predicted molar refractivity (Wildman–Crippen MR) is 66.9 cm³/mol. The molecule has 0 aliphatic heterocycles. The van der Waals surface area contributed by atoms with Gasteiger partial charge in [-0.05, 0) is 0 Å². The van der Waals surface area contributed by atoms with Gasteiger partial charge in [0.15, 0.2) is 4.90 Å². The molecule has 0 aromatic heterocycles. The average Bonchev–Trinajstić information content (AvgIpc) is 2.35. The lowest BCUT2D eigenvalue weighted by atomic mass is 10.2. The van der Waals surface area contributed by atoms with Gasteiger partial charge in [-0.3, -0.25) is 9.59 Å². The first-order valence-corrected chi connectivity index (χ1v) is 7.06. The van der Waals surface area contributed by atoms with E-state index in [0.717, 1.165) is 7.11 Å². The normalized spacial score (nSPS) is 12.7. The van der Waals surface area contributed by atoms with Crippen LogP contribution in [0.2, 0.25) is 0 Å². The molecule has 1 atom stereocenters. The highest BCUT2D eigenvalue weighted by Crippen LogP contribution is 2.24. The number of benzene rings is 1. The van der Waals surface area contributed by atoms with Gasteiger partial charge in [-0.2, -0.15) is 4.72 Å². The van der Waals surface area contributed by atoms with Crippen molar-refractivity contribution in [3.05, 3.63) is 23.8 Å². The lowest BCUT2D eigenvalue weighted by molar-refractivity contribution is -0.145. The fraction of sp³-hybridized carbons (Fsp3) is 0.273. The number of hydrogen-bond donors (Lipinski definition) is 3. The molecule has 0 spiro atoms. The fourth-order valence-electron chi connectivity index (χ4n) is 1.51. The number of rotatable bonds is 7. The van der Waals surface area contributed by atoms with E-state index in [1.54, 1.807) is 0 Å². The number of aliphatic carboxylic acids is 2. The maximum absolute atomic E-state index is 13.7. The topological polar surface area (TPSA) is 130 Å². The van der Waals surface area contributed by atoms with Crippen LogP contribution >= 0.6 is 0 Å². The number of nitrogens with one attached hydrogen (secondary N) is 1. The number of carboxylic acids is 2. The van der Waals surface area contributed by atoms with Gasteiger partial charge in [0.05, 0.1) is 13.5 Å². The van der Waals surface area contributed by atoms with E-state index in [1.807, 2.05) is 0 Å². The van der Waals surface area contributed by atoms with E-state index in [0.29, 0.717) is 12.1 Å². The molecule has 1 rings (SSSR count). The Morgan fingerprint density at radius 1 is 1.27 bits per heavy atom. The highest BCUT2D eigenvalue weighted by molar-refractivity contribution is 7.89. The zero-order valence-electron chi connectivity index (χ0n) is 11.0. The van der Waals surface area contributed by atoms with Gasteiger partial charge in [-0.15, -0.1) is 0 Å². The van der Waals surface area contributed by atoms with Gasteiger partial charge in [0.1, 0.15) is 23.4 Å². The molecule has 11 heteroatoms. The second-order valence-corrected chi connectivity index (χ2v) is 5.68. The molecule has 3 N–H and O–H groups in total. The van der Waals surface area contributed by atoms with Crippen molar-refractivity contribution in [3.63, 3.8) is 0 Å². The van der Waals surface area contributed by atoms with Gasteiger partial charge >= 0.3 is 11.9 Å². The first-order chi connectivity index (χ1) is 10.1. The van der Waals surface area contributed by atoms with Gasteiger partial charge in [0.25, 0.3) is 0 Å². The molecule has 0 fully saturated rings. The maximum atomic E-state index is 13.7. The SMILES string of the molecule is COc1cc(F)c(S(=O)(=O)N[C@@H](CC(=O)O)C(=O)O)c(F)c1. The summed E-state index contributed by atoms with van der Waals surface area (Å²) in [6, 6.07) is -0.904. The van der Waals surface area contributed by atoms with E-state index in [1.165, 1.54) is 4.72 Å². The molecular formula is C11H11F2NO7S. The monoisotopic (exact) mass is 339 g/mol. The number of carboxylic acid groups (broad SMARTS) is 2. The number of sulfonamides is 1. The van der Waals surface area contributed by atoms with Crippen molar-refractivity contribution in [2.45, 2.75) is 17.4 Å². The molecule has 0 radical (unpaired) electrons. The Kier molecular flexibility index (Phi) is 5.38. The van der Waals surface area contributed by atoms with E-state index in [9.17, 15) is 26.8 Å². The standard InChI is InChI=1S/C11H11F2NO7S/c1-21-5-2-6(12)10(7(13)3-5)22(19,20)14-8(11(17)18)4-9(15)16/h2-3,8,14H,4H2,1H3,(H,15,16)(H,17,18)/t8-/m0/s1. The molecule has 0 aliphatic rings. The third-order valence-corrected chi connectivity index (χ3v) is 3.97. The largest absolute Gasteiger partial charge is 0.497 e. The van der Waals surface area contributed by atoms with E-state index >= 15 is 0 Å². The summed E-state index contributed by atoms with van der Waals surface area (Å²) >= 11 is 0. The molecule has 0 amide bonds. The number of ether oxygens (including phenoxy) is 1. The molecule has 0 saturated heterocycles. The number of hydrogen-bond acceptors (Lipinski definition) is 5. The summed E-state index contributed by atoms with van der Waals surface area (Å²) in [6.07, 6.45) is -1.10. The van der Waals surface area contributed by atoms with Crippen molar-refractivity contribution in [2.24, 2.45) is 0 Å². The Hall–Kier alpha value is -2.27. The summed E-state index contributed by atoms with van der Waals surface area (Å²) < 4.78 is 57.2. The van der Waals surface area contributed by atoms with Gasteiger partial charge in [0.2, 0.25) is 10.0 Å². The zero-order chi connectivity index (χ0) is 17.1. The van der Waals surface area contributed by atoms with Gasteiger partial charge < -0.3 is 14.9 Å². The van der Waals surface area contributed by atoms with Gasteiger partial charge in [-0.1, -0.05) is 0 Å². The van der Waals surface area contributed by atoms with Crippen molar-refractivity contribution in [3.8, 4) is 5.75 Å². The second kappa shape index (κ2) is 6.66. The van der Waals surface area contributed by atoms with Crippen molar-refractivity contribution in [1.29, 1.82) is 0 Å². The lowest BCUT2D eigenvalue weighted by Gasteiger charge is -2.14. The van der Waals surface area contributed by atoms with Crippen LogP contribution in [0.15, 0.2) is 17.0 Å². The fourth-order valence-corrected chi connectivity index (χ4v) is 2.82. The van der Waals surface area contributed by atoms with Crippen molar-refractivity contribution >= 4 is 22.0 Å². The van der Waals surface area contributed by atoms with Crippen LogP contribution < -0.4 is 9.46 Å². The lowest BCUT2D eigenvalue weighted by Crippen LogP contribution is -2.42. The Labute approximate surface area is 123 Å². The van der Waals surface area contributed by atoms with Crippen LogP contribution in [-0.4, -0.2) is 43.7 Å². The molecule has 8 nitrogen and oxygen atoms in total. The first-order valence-electron chi connectivity index (χ1n) is 5.58. The maximum Gasteiger partial charge on any atom is 0.322 e. The minimum atomic E-state index is -4.94. The number of halogens is 2. The molecule has 0 unspecified atom stereocenters. The predicted octanol–water partition coefficient (Wildman–Crippen LogP) is 0.180. The molecule has 0 heterocycles. The summed E-state index contributed by atoms with van der Waals surface area (Å²) in [4.78, 5) is 19.9. The highest BCUT2D eigenvalue weighted by Gasteiger charge is 2.32. The first kappa shape index (κ1) is 17.8. The van der Waals surface area contributed by atoms with Crippen LogP contribution in [0.1, 0.15) is 6.42 Å². The minimum absolute atomic E-state index is 0.283. The number of methoxy groups -OCH3 is 1. The Morgan fingerprint density at radius 3 is 2.14 bits per heavy atom. The van der Waals surface area contributed by atoms with E-state index < -0.39 is 51.0 Å². The summed E-state index contributed by atoms with van der Waals surface area (Å²) in [6.45, 7) is 0. The summed E-state index contributed by atoms with van der Waals surface area (Å²) in [5, 5.41) is 17.3. The number of carbonyl (C=O) groups is 2. The molecule has 1 aromatic carbocycles. The van der Waals surface area contributed by atoms with E-state index in [2.05, 4.69) is 4.74 Å². The third kappa shape index (κ3) is 4.11. The van der Waals surface area contributed by atoms with Crippen molar-refractivity contribution in [1.82, 2.24) is 4.72 Å². The summed E-state index contributed by atoms with van der Waals surface area (Å²) in [5.74, 6) is -6.71. The van der Waals surface area contributed by atoms with Crippen LogP contribution in [0.3, 0.4) is 0 Å². The average molecular weight is 339 g/mol. The van der Waals surface area contributed by atoms with Crippen LogP contribution in [-0.2, 0) is 19.6 Å². The highest BCUT2D eigenvalue weighted by atomic mass is 32.2. The van der Waals surface area contributed by atoms with Crippen LogP contribution in [0.25, 0.3) is 0 Å². The Balaban J connectivity index is 3.24. The van der Waals surface area contributed by atoms with Crippen LogP contribution in [0.4, 0.5) is 8.78 Å². The smallest absolute Gasteiger partial charge is 0.322 e. The third-order valence-electron chi connectivity index (χ3n) is 2.45. The van der Waals surface area contributed by atoms with E-state index in [4.69, 9.17) is 10.2 Å². The quantitative estimate of drug-likeness (QED) is 0.646. The Morgan fingerprint density at radius 2 is 1.77 bits per heavy atom. The summed E-state index contributed by atoms with van der Waals surface area (Å²) in [5.41, 5.74) is 0. The molecule has 0 bridgehead atoms. The van der Waals surface area contributed by atoms with E-state index in [-0.39, 0.29) is 5.75 Å². The van der Waals surface area contributed by atoms with Crippen molar-refractivity contribution < 1.29 is 41.7 Å². The van der Waals surface area contributed by atoms with Crippen molar-refractivity contribution in [2.75, 3.05) is 7.11 Å². The Bertz CT molecular complexity index is 681. The molecule has 0 saturated carbocycles. The molecule has 0 aliphatic carbocycles. The molecule has 1 aromatic rings. The molecule has 122 valence electrons. The zero-order valence-corrected chi connectivity index (χ0v) is 11.9. The molecular weight excluding hydrogens is 328 g/mol. The molecule has 22 heavy (non-hydrogen) atoms. The van der Waals surface area contributed by atoms with Gasteiger partial charge in [0, 0.05) is 12.1 Å². The van der Waals surface area contributed by atoms with Gasteiger partial charge in [-0.25, -0.2) is 17.2 Å². The minimum Gasteiger partial charge on any atom is -0.497 e. The summed E-state index contributed by atoms with van der Waals surface area (Å²) in [7, 11) is -3.83.